The first-order valence-corrected chi connectivity index (χ1v) is 10.1. The molecule has 0 saturated heterocycles. The number of benzene rings is 2. The Balaban J connectivity index is 1.67. The molecule has 1 amide bonds. The van der Waals surface area contributed by atoms with E-state index in [4.69, 9.17) is 19.6 Å². The third kappa shape index (κ3) is 2.80. The maximum Gasteiger partial charge on any atom is 0.276 e. The van der Waals surface area contributed by atoms with Gasteiger partial charge in [0.2, 0.25) is 6.79 Å². The highest BCUT2D eigenvalue weighted by molar-refractivity contribution is 8.13. The van der Waals surface area contributed by atoms with Crippen molar-refractivity contribution in [3.05, 3.63) is 58.6 Å². The molecule has 3 aliphatic rings. The molecule has 142 valence electrons. The highest BCUT2D eigenvalue weighted by atomic mass is 32.2. The first-order valence-electron chi connectivity index (χ1n) is 9.13. The minimum Gasteiger partial charge on any atom is -0.454 e. The molecule has 28 heavy (non-hydrogen) atoms. The predicted octanol–water partition coefficient (Wildman–Crippen LogP) is 1.70. The van der Waals surface area contributed by atoms with Gasteiger partial charge >= 0.3 is 0 Å². The van der Waals surface area contributed by atoms with Gasteiger partial charge in [0.25, 0.3) is 5.91 Å². The van der Waals surface area contributed by atoms with Crippen molar-refractivity contribution in [3.63, 3.8) is 0 Å². The molecule has 0 aromatic heterocycles. The van der Waals surface area contributed by atoms with Crippen LogP contribution in [0, 0.1) is 0 Å². The van der Waals surface area contributed by atoms with Crippen LogP contribution in [-0.2, 0) is 4.79 Å². The van der Waals surface area contributed by atoms with Crippen molar-refractivity contribution in [2.75, 3.05) is 12.5 Å². The second-order valence-corrected chi connectivity index (χ2v) is 7.62. The molecule has 0 saturated carbocycles. The van der Waals surface area contributed by atoms with Gasteiger partial charge in [-0.1, -0.05) is 43.0 Å². The lowest BCUT2D eigenvalue weighted by Gasteiger charge is -2.34. The Morgan fingerprint density at radius 3 is 2.96 bits per heavy atom. The number of para-hydroxylation sites is 1. The molecular weight excluding hydrogens is 376 g/mol. The summed E-state index contributed by atoms with van der Waals surface area (Å²) in [4.78, 5) is 17.8. The number of fused-ring (bicyclic) bond motifs is 3. The zero-order valence-electron chi connectivity index (χ0n) is 15.2. The lowest BCUT2D eigenvalue weighted by molar-refractivity contribution is -0.116. The topological polar surface area (TPSA) is 75.5 Å². The Bertz CT molecular complexity index is 1110. The number of ether oxygens (including phenoxy) is 2. The smallest absolute Gasteiger partial charge is 0.276 e. The molecule has 2 aromatic carbocycles. The molecule has 0 spiro atoms. The fraction of sp³-hybridized carbons (Fsp3) is 0.250. The van der Waals surface area contributed by atoms with Gasteiger partial charge in [-0.2, -0.15) is 0 Å². The van der Waals surface area contributed by atoms with Crippen molar-refractivity contribution in [1.82, 2.24) is 10.3 Å². The maximum absolute atomic E-state index is 13.0. The fourth-order valence-electron chi connectivity index (χ4n) is 3.38. The standard InChI is InChI=1S/C20H18N4O3S/c1-2-9-28-20-22-19(25)17-13-5-3-4-6-14(13)21-18(24(17)23-20)12-7-8-15-16(10-12)27-11-26-15/h3-8,10,18H,2,9,11H2,1H3,(H,22,23,25)/t18-/m1/s1. The number of rotatable bonds is 3. The molecule has 1 atom stereocenters. The lowest BCUT2D eigenvalue weighted by Crippen LogP contribution is -2.50. The number of amidine groups is 1. The molecule has 3 heterocycles. The molecular formula is C20H18N4O3S. The minimum atomic E-state index is -0.456. The van der Waals surface area contributed by atoms with E-state index in [1.54, 1.807) is 5.01 Å². The number of nitrogens with one attached hydrogen (secondary N) is 1. The number of hydrazone groups is 1. The third-order valence-electron chi connectivity index (χ3n) is 4.65. The van der Waals surface area contributed by atoms with Crippen LogP contribution < -0.4 is 25.4 Å². The first-order chi connectivity index (χ1) is 13.7. The summed E-state index contributed by atoms with van der Waals surface area (Å²) in [6.45, 7) is 2.31. The van der Waals surface area contributed by atoms with E-state index in [0.717, 1.165) is 28.3 Å². The SMILES string of the molecule is CCCSC1=NN2C(=c3ccccc3=N[C@H]2c2ccc3c(c2)OCO3)C(=O)N1. The minimum absolute atomic E-state index is 0.165. The molecule has 1 N–H and O–H groups in total. The van der Waals surface area contributed by atoms with Gasteiger partial charge in [-0.25, -0.2) is 5.01 Å². The van der Waals surface area contributed by atoms with Crippen molar-refractivity contribution in [2.24, 2.45) is 10.1 Å². The summed E-state index contributed by atoms with van der Waals surface area (Å²) < 4.78 is 10.9. The van der Waals surface area contributed by atoms with E-state index in [-0.39, 0.29) is 12.7 Å². The summed E-state index contributed by atoms with van der Waals surface area (Å²) in [6.07, 6.45) is 0.539. The van der Waals surface area contributed by atoms with Crippen LogP contribution in [0.4, 0.5) is 0 Å². The first kappa shape index (κ1) is 17.1. The van der Waals surface area contributed by atoms with Crippen molar-refractivity contribution in [2.45, 2.75) is 19.5 Å². The van der Waals surface area contributed by atoms with Gasteiger partial charge in [-0.05, 0) is 24.6 Å². The van der Waals surface area contributed by atoms with Crippen LogP contribution in [0.25, 0.3) is 5.70 Å². The van der Waals surface area contributed by atoms with Crippen LogP contribution in [0.3, 0.4) is 0 Å². The number of nitrogens with zero attached hydrogens (tertiary/aromatic N) is 3. The average molecular weight is 394 g/mol. The third-order valence-corrected chi connectivity index (χ3v) is 5.72. The van der Waals surface area contributed by atoms with Gasteiger partial charge in [0.05, 0.1) is 5.36 Å². The second kappa shape index (κ2) is 6.87. The Morgan fingerprint density at radius 2 is 2.07 bits per heavy atom. The maximum atomic E-state index is 13.0. The fourth-order valence-corrected chi connectivity index (χ4v) is 4.09. The van der Waals surface area contributed by atoms with E-state index in [2.05, 4.69) is 12.2 Å². The number of carbonyl (C=O) groups is 1. The largest absolute Gasteiger partial charge is 0.454 e. The highest BCUT2D eigenvalue weighted by Gasteiger charge is 2.34. The van der Waals surface area contributed by atoms with E-state index in [1.807, 2.05) is 42.5 Å². The second-order valence-electron chi connectivity index (χ2n) is 6.53. The van der Waals surface area contributed by atoms with Gasteiger partial charge < -0.3 is 9.47 Å². The summed E-state index contributed by atoms with van der Waals surface area (Å²) >= 11 is 1.53. The predicted molar refractivity (Wildman–Crippen MR) is 106 cm³/mol. The van der Waals surface area contributed by atoms with Crippen LogP contribution in [0.15, 0.2) is 52.6 Å². The number of hydrogen-bond acceptors (Lipinski definition) is 7. The number of carbonyl (C=O) groups excluding carboxylic acids is 1. The van der Waals surface area contributed by atoms with E-state index in [9.17, 15) is 4.79 Å². The zero-order valence-corrected chi connectivity index (χ0v) is 16.0. The van der Waals surface area contributed by atoms with Crippen LogP contribution in [0.1, 0.15) is 25.1 Å². The summed E-state index contributed by atoms with van der Waals surface area (Å²) in [6, 6.07) is 13.3. The number of hydrogen-bond donors (Lipinski definition) is 1. The Hall–Kier alpha value is -3.00. The average Bonchev–Trinajstić information content (AvgIpc) is 3.19. The molecule has 0 unspecified atom stereocenters. The molecule has 0 radical (unpaired) electrons. The monoisotopic (exact) mass is 394 g/mol. The molecule has 7 nitrogen and oxygen atoms in total. The molecule has 0 bridgehead atoms. The molecule has 3 aliphatic heterocycles. The lowest BCUT2D eigenvalue weighted by atomic mass is 10.1. The summed E-state index contributed by atoms with van der Waals surface area (Å²) in [5.41, 5.74) is 1.39. The normalized spacial score (nSPS) is 19.4. The van der Waals surface area contributed by atoms with Crippen molar-refractivity contribution < 1.29 is 14.3 Å². The molecule has 0 aliphatic carbocycles. The van der Waals surface area contributed by atoms with Crippen molar-refractivity contribution >= 4 is 28.5 Å². The molecule has 5 rings (SSSR count). The van der Waals surface area contributed by atoms with Gasteiger partial charge in [0.1, 0.15) is 5.70 Å². The zero-order chi connectivity index (χ0) is 19.1. The molecule has 2 aromatic rings. The quantitative estimate of drug-likeness (QED) is 0.858. The van der Waals surface area contributed by atoms with Gasteiger partial charge in [-0.15, -0.1) is 5.10 Å². The van der Waals surface area contributed by atoms with Gasteiger partial charge in [-0.3, -0.25) is 15.1 Å². The van der Waals surface area contributed by atoms with Crippen LogP contribution in [0.2, 0.25) is 0 Å². The Morgan fingerprint density at radius 1 is 1.21 bits per heavy atom. The van der Waals surface area contributed by atoms with E-state index < -0.39 is 6.17 Å². The van der Waals surface area contributed by atoms with Crippen molar-refractivity contribution in [3.8, 4) is 11.5 Å². The van der Waals surface area contributed by atoms with Gasteiger partial charge in [0, 0.05) is 16.5 Å². The van der Waals surface area contributed by atoms with Gasteiger partial charge in [0.15, 0.2) is 22.8 Å². The molecule has 0 fully saturated rings. The Labute approximate surface area is 165 Å². The van der Waals surface area contributed by atoms with Crippen molar-refractivity contribution in [1.29, 1.82) is 0 Å². The van der Waals surface area contributed by atoms with Crippen LogP contribution >= 0.6 is 11.8 Å². The van der Waals surface area contributed by atoms with E-state index in [1.165, 1.54) is 11.8 Å². The van der Waals surface area contributed by atoms with E-state index >= 15 is 0 Å². The Kier molecular flexibility index (Phi) is 4.20. The van der Waals surface area contributed by atoms with E-state index in [0.29, 0.717) is 22.4 Å². The number of amides is 1. The summed E-state index contributed by atoms with van der Waals surface area (Å²) in [7, 11) is 0. The molecule has 8 heteroatoms. The summed E-state index contributed by atoms with van der Waals surface area (Å²) in [5.74, 6) is 2.11. The van der Waals surface area contributed by atoms with Crippen LogP contribution in [0.5, 0.6) is 11.5 Å². The highest BCUT2D eigenvalue weighted by Crippen LogP contribution is 2.38. The summed E-state index contributed by atoms with van der Waals surface area (Å²) in [5, 5.41) is 11.5. The van der Waals surface area contributed by atoms with Crippen LogP contribution in [-0.4, -0.2) is 28.6 Å². The number of thioether (sulfide) groups is 1.